The molecule has 0 bridgehead atoms. The first-order valence-electron chi connectivity index (χ1n) is 0.455. The van der Waals surface area contributed by atoms with E-state index in [2.05, 4.69) is 30.6 Å². The molecule has 0 aromatic heterocycles. The van der Waals surface area contributed by atoms with Crippen molar-refractivity contribution in [2.24, 2.45) is 0 Å². The van der Waals surface area contributed by atoms with Gasteiger partial charge in [0.05, 0.1) is 0 Å². The summed E-state index contributed by atoms with van der Waals surface area (Å²) in [6, 6.07) is 0. The summed E-state index contributed by atoms with van der Waals surface area (Å²) in [5.74, 6) is 2.83. The molecule has 0 aliphatic carbocycles. The van der Waals surface area contributed by atoms with Gasteiger partial charge in [0, 0.05) is 0 Å². The summed E-state index contributed by atoms with van der Waals surface area (Å²) < 4.78 is 7.83. The maximum Gasteiger partial charge on any atom is 0.197 e. The lowest BCUT2D eigenvalue weighted by Gasteiger charge is -0.774. The van der Waals surface area contributed by atoms with E-state index in [1.807, 2.05) is 0 Å². The average molecular weight is 110 g/mol. The highest BCUT2D eigenvalue weighted by Gasteiger charge is 0.734. The minimum atomic E-state index is 0. The van der Waals surface area contributed by atoms with Crippen molar-refractivity contribution in [3.8, 4) is 0 Å². The Hall–Kier alpha value is 0.110. The van der Waals surface area contributed by atoms with E-state index in [0.29, 0.717) is 0 Å². The Morgan fingerprint density at radius 1 is 1.20 bits per heavy atom. The molecule has 5 heavy (non-hydrogen) atoms. The Morgan fingerprint density at radius 3 is 1.20 bits per heavy atom. The molecule has 0 amide bonds. The van der Waals surface area contributed by atoms with Crippen molar-refractivity contribution < 1.29 is 4.21 Å². The summed E-state index contributed by atoms with van der Waals surface area (Å²) in [7, 11) is 0. The van der Waals surface area contributed by atoms with E-state index in [1.54, 1.807) is 0 Å². The van der Waals surface area contributed by atoms with Crippen molar-refractivity contribution in [2.45, 2.75) is 7.43 Å². The molecule has 0 heterocycles. The van der Waals surface area contributed by atoms with E-state index in [1.165, 1.54) is 0 Å². The lowest BCUT2D eigenvalue weighted by molar-refractivity contribution is 0.702. The van der Waals surface area contributed by atoms with Gasteiger partial charge in [-0.3, -0.25) is 0 Å². The van der Waals surface area contributed by atoms with Gasteiger partial charge < -0.3 is 0 Å². The van der Waals surface area contributed by atoms with Crippen molar-refractivity contribution in [1.82, 2.24) is 0 Å². The SMILES string of the molecule is C.C=S.O=S. The summed E-state index contributed by atoms with van der Waals surface area (Å²) in [5, 5.41) is 0. The second-order valence-electron chi connectivity index (χ2n) is 0. The zero-order valence-electron chi connectivity index (χ0n) is 1.93. The van der Waals surface area contributed by atoms with Crippen molar-refractivity contribution in [1.29, 1.82) is 0 Å². The van der Waals surface area contributed by atoms with E-state index in [4.69, 9.17) is 4.21 Å². The molecule has 32 valence electrons. The standard InChI is InChI=1S/CH2S.CH4.OS/c1-2;;1-2/h1H2;1H4;. The molecule has 0 aromatic rings. The predicted molar refractivity (Wildman–Crippen MR) is 29.6 cm³/mol. The van der Waals surface area contributed by atoms with Crippen LogP contribution in [0.3, 0.4) is 0 Å². The molecule has 0 aliphatic heterocycles. The quantitative estimate of drug-likeness (QED) is 0.431. The second-order valence-corrected chi connectivity index (χ2v) is 0. The largest absolute Gasteiger partial charge is 0.197 e. The van der Waals surface area contributed by atoms with E-state index in [9.17, 15) is 0 Å². The fraction of sp³-hybridized carbons (Fsp3) is 0.500. The third kappa shape index (κ3) is 1510. The summed E-state index contributed by atoms with van der Waals surface area (Å²) in [6.45, 7) is 0. The topological polar surface area (TPSA) is 17.1 Å². The maximum atomic E-state index is 7.83. The van der Waals surface area contributed by atoms with Gasteiger partial charge in [0.15, 0.2) is 12.5 Å². The van der Waals surface area contributed by atoms with E-state index in [-0.39, 0.29) is 7.43 Å². The molecule has 1 nitrogen and oxygen atoms in total. The van der Waals surface area contributed by atoms with Gasteiger partial charge in [-0.15, -0.1) is 0 Å². The monoisotopic (exact) mass is 110 g/mol. The van der Waals surface area contributed by atoms with Crippen LogP contribution in [0, 0.1) is 0 Å². The molecule has 0 saturated heterocycles. The smallest absolute Gasteiger partial charge is 0.197 e. The lowest BCUT2D eigenvalue weighted by atomic mass is 12.0. The van der Waals surface area contributed by atoms with Crippen LogP contribution in [0.15, 0.2) is 0 Å². The third-order valence-corrected chi connectivity index (χ3v) is 0. The van der Waals surface area contributed by atoms with Gasteiger partial charge in [-0.1, -0.05) is 19.6 Å². The summed E-state index contributed by atoms with van der Waals surface area (Å²) in [5.41, 5.74) is 0. The van der Waals surface area contributed by atoms with Crippen LogP contribution in [-0.2, 0) is 12.5 Å². The molecule has 0 unspecified atom stereocenters. The third-order valence-electron chi connectivity index (χ3n) is 0. The average Bonchev–Trinajstić information content (AvgIpc) is 1.50. The molecular weight excluding hydrogens is 104 g/mol. The van der Waals surface area contributed by atoms with Crippen molar-refractivity contribution >= 4 is 30.6 Å². The molecule has 0 N–H and O–H groups in total. The van der Waals surface area contributed by atoms with Crippen LogP contribution >= 0.6 is 12.2 Å². The number of thiocarbonyl (C=S) groups is 1. The minimum Gasteiger partial charge on any atom is -0.197 e. The van der Waals surface area contributed by atoms with Gasteiger partial charge in [-0.05, 0) is 5.87 Å². The molecule has 0 spiro atoms. The van der Waals surface area contributed by atoms with Crippen LogP contribution in [0.25, 0.3) is 0 Å². The van der Waals surface area contributed by atoms with Crippen LogP contribution in [0.4, 0.5) is 0 Å². The zero-order chi connectivity index (χ0) is 4.00. The Kier molecular flexibility index (Phi) is 12700. The Bertz CT molecular complexity index is 9.61. The van der Waals surface area contributed by atoms with Gasteiger partial charge >= 0.3 is 0 Å². The first-order chi connectivity index (χ1) is 2.00. The van der Waals surface area contributed by atoms with E-state index >= 15 is 0 Å². The number of hydrogen-bond acceptors (Lipinski definition) is 3. The lowest BCUT2D eigenvalue weighted by Crippen LogP contribution is -0.894. The minimum absolute atomic E-state index is 0. The Balaban J connectivity index is -0.0000000133. The molecule has 0 atom stereocenters. The Morgan fingerprint density at radius 2 is 1.20 bits per heavy atom. The molecule has 0 fully saturated rings. The molecule has 0 radical (unpaired) electrons. The summed E-state index contributed by atoms with van der Waals surface area (Å²) >= 11 is 6.67. The van der Waals surface area contributed by atoms with Crippen LogP contribution in [0.5, 0.6) is 0 Å². The van der Waals surface area contributed by atoms with Crippen molar-refractivity contribution in [2.75, 3.05) is 0 Å². The van der Waals surface area contributed by atoms with Gasteiger partial charge in [0.25, 0.3) is 0 Å². The molecule has 0 saturated carbocycles. The van der Waals surface area contributed by atoms with Gasteiger partial charge in [-0.25, -0.2) is 0 Å². The van der Waals surface area contributed by atoms with Crippen LogP contribution in [-0.4, -0.2) is 10.1 Å². The molecular formula is C2H6OS2. The fourth-order valence-electron chi connectivity index (χ4n) is 0. The van der Waals surface area contributed by atoms with Crippen LogP contribution in [0.1, 0.15) is 7.43 Å². The predicted octanol–water partition coefficient (Wildman–Crippen LogP) is 0.916. The van der Waals surface area contributed by atoms with Crippen molar-refractivity contribution in [3.05, 3.63) is 0 Å². The fourth-order valence-corrected chi connectivity index (χ4v) is 0. The number of rotatable bonds is 0. The van der Waals surface area contributed by atoms with Gasteiger partial charge in [0.2, 0.25) is 0 Å². The van der Waals surface area contributed by atoms with Gasteiger partial charge in [-0.2, -0.15) is 4.21 Å². The summed E-state index contributed by atoms with van der Waals surface area (Å²) in [4.78, 5) is 0. The van der Waals surface area contributed by atoms with E-state index in [0.717, 1.165) is 0 Å². The normalized spacial score (nSPS) is 1.60. The molecule has 3 heteroatoms. The number of hydrogen-bond donors (Lipinski definition) is 0. The highest BCUT2D eigenvalue weighted by Crippen LogP contribution is 1.03. The first-order valence-corrected chi connectivity index (χ1v) is 1.37. The second kappa shape index (κ2) is 3290. The van der Waals surface area contributed by atoms with Crippen LogP contribution in [0.2, 0.25) is 0 Å². The highest BCUT2D eigenvalue weighted by atomic mass is 32.1. The highest BCUT2D eigenvalue weighted by molar-refractivity contribution is 7.77. The first kappa shape index (κ1) is 19.4. The Labute approximate surface area is 42.9 Å². The maximum absolute atomic E-state index is 7.83. The van der Waals surface area contributed by atoms with Crippen molar-refractivity contribution in [3.63, 3.8) is 0 Å². The molecule has 0 aliphatic rings. The molecule has 0 rings (SSSR count). The summed E-state index contributed by atoms with van der Waals surface area (Å²) in [6.07, 6.45) is 0. The van der Waals surface area contributed by atoms with E-state index < -0.39 is 0 Å². The molecule has 0 aromatic carbocycles. The van der Waals surface area contributed by atoms with Crippen LogP contribution < -0.4 is 0 Å². The zero-order valence-corrected chi connectivity index (χ0v) is 3.56. The van der Waals surface area contributed by atoms with Gasteiger partial charge in [0.1, 0.15) is 0 Å².